The van der Waals surface area contributed by atoms with Crippen LogP contribution in [0.4, 0.5) is 15.6 Å². The molecule has 1 heterocycles. The van der Waals surface area contributed by atoms with Crippen LogP contribution in [0.2, 0.25) is 0 Å². The number of amides is 1. The van der Waals surface area contributed by atoms with Crippen molar-refractivity contribution in [1.82, 2.24) is 9.88 Å². The van der Waals surface area contributed by atoms with Crippen LogP contribution in [0, 0.1) is 6.92 Å². The molecule has 0 aliphatic carbocycles. The molecule has 0 atom stereocenters. The number of hydrogen-bond donors (Lipinski definition) is 1. The number of thiazole rings is 1. The zero-order valence-electron chi connectivity index (χ0n) is 19.9. The van der Waals surface area contributed by atoms with E-state index in [-0.39, 0.29) is 31.2 Å². The second kappa shape index (κ2) is 11.6. The van der Waals surface area contributed by atoms with Crippen molar-refractivity contribution in [3.63, 3.8) is 0 Å². The molecule has 2 rings (SSSR count). The molecule has 33 heavy (non-hydrogen) atoms. The summed E-state index contributed by atoms with van der Waals surface area (Å²) in [6.45, 7) is 10.4. The molecule has 0 spiro atoms. The number of nitrogens with zero attached hydrogens (tertiary/aromatic N) is 2. The van der Waals surface area contributed by atoms with Crippen LogP contribution in [0.1, 0.15) is 55.5 Å². The molecule has 0 fully saturated rings. The molecule has 1 N–H and O–H groups in total. The molecule has 0 saturated heterocycles. The van der Waals surface area contributed by atoms with Crippen LogP contribution < -0.4 is 5.32 Å². The van der Waals surface area contributed by atoms with Gasteiger partial charge in [0.05, 0.1) is 25.5 Å². The molecule has 0 unspecified atom stereocenters. The number of nitrogens with one attached hydrogen (secondary N) is 1. The van der Waals surface area contributed by atoms with Crippen molar-refractivity contribution in [2.75, 3.05) is 25.1 Å². The highest BCUT2D eigenvalue weighted by atomic mass is 32.1. The number of aromatic nitrogens is 1. The molecule has 0 radical (unpaired) electrons. The largest absolute Gasteiger partial charge is 0.465 e. The number of hydrogen-bond acceptors (Lipinski definition) is 9. The average molecular weight is 478 g/mol. The lowest BCUT2D eigenvalue weighted by atomic mass is 10.2. The summed E-state index contributed by atoms with van der Waals surface area (Å²) >= 11 is 1.12. The lowest BCUT2D eigenvalue weighted by Crippen LogP contribution is -2.40. The van der Waals surface area contributed by atoms with Gasteiger partial charge in [0.1, 0.15) is 17.0 Å². The summed E-state index contributed by atoms with van der Waals surface area (Å²) in [6.07, 6.45) is -0.716. The van der Waals surface area contributed by atoms with E-state index in [1.165, 1.54) is 4.90 Å². The number of ether oxygens (including phenoxy) is 3. The highest BCUT2D eigenvalue weighted by Gasteiger charge is 2.28. The summed E-state index contributed by atoms with van der Waals surface area (Å²) in [5.74, 6) is -1.14. The number of para-hydroxylation sites is 1. The lowest BCUT2D eigenvalue weighted by molar-refractivity contribution is -0.144. The van der Waals surface area contributed by atoms with Crippen molar-refractivity contribution in [2.45, 2.75) is 53.7 Å². The van der Waals surface area contributed by atoms with E-state index in [1.807, 2.05) is 31.2 Å². The fourth-order valence-corrected chi connectivity index (χ4v) is 3.63. The van der Waals surface area contributed by atoms with Gasteiger partial charge >= 0.3 is 18.0 Å². The first kappa shape index (κ1) is 26.1. The number of aryl methyl sites for hydroxylation is 1. The van der Waals surface area contributed by atoms with Gasteiger partial charge in [-0.15, -0.1) is 0 Å². The zero-order valence-corrected chi connectivity index (χ0v) is 20.7. The van der Waals surface area contributed by atoms with E-state index in [1.54, 1.807) is 34.6 Å². The third-order valence-corrected chi connectivity index (χ3v) is 5.16. The Bertz CT molecular complexity index is 983. The molecule has 0 bridgehead atoms. The highest BCUT2D eigenvalue weighted by molar-refractivity contribution is 7.17. The predicted molar refractivity (Wildman–Crippen MR) is 126 cm³/mol. The molecule has 0 saturated carbocycles. The van der Waals surface area contributed by atoms with Crippen LogP contribution in [0.3, 0.4) is 0 Å². The molecule has 10 heteroatoms. The highest BCUT2D eigenvalue weighted by Crippen LogP contribution is 2.29. The maximum Gasteiger partial charge on any atom is 0.411 e. The van der Waals surface area contributed by atoms with Gasteiger partial charge in [-0.1, -0.05) is 29.5 Å². The van der Waals surface area contributed by atoms with E-state index in [4.69, 9.17) is 14.2 Å². The molecule has 1 aromatic carbocycles. The van der Waals surface area contributed by atoms with Crippen LogP contribution in [0.25, 0.3) is 0 Å². The van der Waals surface area contributed by atoms with Crippen molar-refractivity contribution >= 4 is 40.2 Å². The summed E-state index contributed by atoms with van der Waals surface area (Å²) in [4.78, 5) is 43.4. The predicted octanol–water partition coefficient (Wildman–Crippen LogP) is 4.67. The molecule has 1 amide bonds. The van der Waals surface area contributed by atoms with Crippen LogP contribution in [-0.4, -0.2) is 53.3 Å². The minimum Gasteiger partial charge on any atom is -0.465 e. The first-order valence-electron chi connectivity index (χ1n) is 10.7. The van der Waals surface area contributed by atoms with Gasteiger partial charge in [-0.25, -0.2) is 14.6 Å². The van der Waals surface area contributed by atoms with Gasteiger partial charge in [0.15, 0.2) is 5.13 Å². The zero-order chi connectivity index (χ0) is 24.6. The lowest BCUT2D eigenvalue weighted by Gasteiger charge is -2.26. The van der Waals surface area contributed by atoms with Crippen molar-refractivity contribution in [2.24, 2.45) is 0 Å². The minimum atomic E-state index is -0.770. The number of carbonyl (C=O) groups excluding carboxylic acids is 3. The monoisotopic (exact) mass is 477 g/mol. The van der Waals surface area contributed by atoms with Crippen LogP contribution >= 0.6 is 11.3 Å². The smallest absolute Gasteiger partial charge is 0.411 e. The molecule has 1 aromatic heterocycles. The normalized spacial score (nSPS) is 11.0. The van der Waals surface area contributed by atoms with Gasteiger partial charge in [0, 0.05) is 5.69 Å². The van der Waals surface area contributed by atoms with Crippen molar-refractivity contribution in [3.8, 4) is 0 Å². The van der Waals surface area contributed by atoms with E-state index in [9.17, 15) is 14.4 Å². The summed E-state index contributed by atoms with van der Waals surface area (Å²) in [5, 5.41) is 3.67. The Hall–Kier alpha value is -3.14. The molecular formula is C23H31N3O6S. The van der Waals surface area contributed by atoms with Crippen molar-refractivity contribution in [3.05, 3.63) is 40.4 Å². The maximum atomic E-state index is 12.8. The number of anilines is 2. The Balaban J connectivity index is 2.38. The molecule has 0 aliphatic rings. The Morgan fingerprint density at radius 1 is 1.09 bits per heavy atom. The number of carbonyl (C=O) groups is 3. The Morgan fingerprint density at radius 2 is 1.76 bits per heavy atom. The molecule has 2 aromatic rings. The first-order chi connectivity index (χ1) is 15.5. The first-order valence-corrected chi connectivity index (χ1v) is 11.5. The van der Waals surface area contributed by atoms with Crippen LogP contribution in [-0.2, 0) is 25.5 Å². The summed E-state index contributed by atoms with van der Waals surface area (Å²) in [5.41, 5.74) is 1.37. The standard InChI is InChI=1S/C23H31N3O6S/c1-7-30-18(27)14-26(22(29)32-23(4,5)6)13-17-19(20(28)31-8-2)33-21(25-17)24-16-12-10-9-11-15(16)3/h9-12H,7-8,13-14H2,1-6H3,(H,24,25). The van der Waals surface area contributed by atoms with Gasteiger partial charge in [-0.05, 0) is 53.2 Å². The average Bonchev–Trinajstić information content (AvgIpc) is 3.11. The topological polar surface area (TPSA) is 107 Å². The van der Waals surface area contributed by atoms with Gasteiger partial charge < -0.3 is 19.5 Å². The summed E-state index contributed by atoms with van der Waals surface area (Å²) in [7, 11) is 0. The van der Waals surface area contributed by atoms with Crippen LogP contribution in [0.15, 0.2) is 24.3 Å². The van der Waals surface area contributed by atoms with Gasteiger partial charge in [0.25, 0.3) is 0 Å². The SMILES string of the molecule is CCOC(=O)CN(Cc1nc(Nc2ccccc2C)sc1C(=O)OCC)C(=O)OC(C)(C)C. The number of rotatable bonds is 9. The molecule has 9 nitrogen and oxygen atoms in total. The van der Waals surface area contributed by atoms with Crippen LogP contribution in [0.5, 0.6) is 0 Å². The summed E-state index contributed by atoms with van der Waals surface area (Å²) in [6, 6.07) is 7.66. The second-order valence-corrected chi connectivity index (χ2v) is 9.10. The van der Waals surface area contributed by atoms with Crippen molar-refractivity contribution in [1.29, 1.82) is 0 Å². The summed E-state index contributed by atoms with van der Waals surface area (Å²) < 4.78 is 15.6. The molecular weight excluding hydrogens is 446 g/mol. The fourth-order valence-electron chi connectivity index (χ4n) is 2.75. The Morgan fingerprint density at radius 3 is 2.36 bits per heavy atom. The molecule has 180 valence electrons. The quantitative estimate of drug-likeness (QED) is 0.410. The fraction of sp³-hybridized carbons (Fsp3) is 0.478. The number of esters is 2. The third kappa shape index (κ3) is 8.05. The van der Waals surface area contributed by atoms with E-state index in [0.29, 0.717) is 10.8 Å². The van der Waals surface area contributed by atoms with E-state index in [0.717, 1.165) is 22.6 Å². The minimum absolute atomic E-state index is 0.131. The molecule has 0 aliphatic heterocycles. The van der Waals surface area contributed by atoms with Gasteiger partial charge in [0.2, 0.25) is 0 Å². The van der Waals surface area contributed by atoms with Crippen molar-refractivity contribution < 1.29 is 28.6 Å². The number of benzene rings is 1. The van der Waals surface area contributed by atoms with Gasteiger partial charge in [-0.3, -0.25) is 9.69 Å². The maximum absolute atomic E-state index is 12.8. The second-order valence-electron chi connectivity index (χ2n) is 8.10. The van der Waals surface area contributed by atoms with Gasteiger partial charge in [-0.2, -0.15) is 0 Å². The van der Waals surface area contributed by atoms with E-state index < -0.39 is 23.6 Å². The Kier molecular flexibility index (Phi) is 9.22. The van der Waals surface area contributed by atoms with E-state index in [2.05, 4.69) is 10.3 Å². The third-order valence-electron chi connectivity index (χ3n) is 4.16. The van der Waals surface area contributed by atoms with E-state index >= 15 is 0 Å². The Labute approximate surface area is 198 Å².